The van der Waals surface area contributed by atoms with Crippen LogP contribution in [0, 0.1) is 11.8 Å². The number of amides is 1. The molecule has 3 heterocycles. The maximum Gasteiger partial charge on any atom is 0.410 e. The van der Waals surface area contributed by atoms with Gasteiger partial charge in [0.1, 0.15) is 5.60 Å². The van der Waals surface area contributed by atoms with Gasteiger partial charge >= 0.3 is 6.09 Å². The van der Waals surface area contributed by atoms with E-state index in [1.54, 1.807) is 0 Å². The molecule has 0 aliphatic carbocycles. The van der Waals surface area contributed by atoms with Crippen molar-refractivity contribution in [3.63, 3.8) is 0 Å². The van der Waals surface area contributed by atoms with Gasteiger partial charge < -0.3 is 14.5 Å². The molecule has 5 heteroatoms. The SMILES string of the molecule is CC(C)(C)OC(=O)N1CC2CN(c3cncc(CCc4ccccc4)c3)CC2C1. The number of aromatic nitrogens is 1. The fourth-order valence-electron chi connectivity index (χ4n) is 4.40. The molecule has 2 aliphatic rings. The van der Waals surface area contributed by atoms with Crippen LogP contribution in [0.5, 0.6) is 0 Å². The zero-order chi connectivity index (χ0) is 20.4. The lowest BCUT2D eigenvalue weighted by Crippen LogP contribution is -2.37. The lowest BCUT2D eigenvalue weighted by atomic mass is 10.0. The minimum atomic E-state index is -0.438. The Kier molecular flexibility index (Phi) is 5.48. The molecule has 0 saturated carbocycles. The normalized spacial score (nSPS) is 21.3. The third-order valence-electron chi connectivity index (χ3n) is 5.83. The molecule has 0 spiro atoms. The number of carbonyl (C=O) groups excluding carboxylic acids is 1. The maximum absolute atomic E-state index is 12.4. The number of benzene rings is 1. The molecule has 1 amide bonds. The highest BCUT2D eigenvalue weighted by Crippen LogP contribution is 2.34. The summed E-state index contributed by atoms with van der Waals surface area (Å²) in [7, 11) is 0. The summed E-state index contributed by atoms with van der Waals surface area (Å²) in [6.07, 6.45) is 5.80. The summed E-state index contributed by atoms with van der Waals surface area (Å²) in [5.74, 6) is 1.02. The van der Waals surface area contributed by atoms with Crippen molar-refractivity contribution in [3.05, 3.63) is 59.9 Å². The Hall–Kier alpha value is -2.56. The molecule has 2 saturated heterocycles. The monoisotopic (exact) mass is 393 g/mol. The summed E-state index contributed by atoms with van der Waals surface area (Å²) in [5, 5.41) is 0. The highest BCUT2D eigenvalue weighted by molar-refractivity contribution is 5.68. The number of pyridine rings is 1. The van der Waals surface area contributed by atoms with Crippen LogP contribution < -0.4 is 4.90 Å². The van der Waals surface area contributed by atoms with Crippen LogP contribution in [0.4, 0.5) is 10.5 Å². The fourth-order valence-corrected chi connectivity index (χ4v) is 4.40. The third kappa shape index (κ3) is 4.89. The highest BCUT2D eigenvalue weighted by Gasteiger charge is 2.42. The summed E-state index contributed by atoms with van der Waals surface area (Å²) >= 11 is 0. The number of ether oxygens (including phenoxy) is 1. The predicted octanol–water partition coefficient (Wildman–Crippen LogP) is 4.17. The van der Waals surface area contributed by atoms with Crippen LogP contribution in [-0.4, -0.2) is 47.8 Å². The van der Waals surface area contributed by atoms with E-state index in [9.17, 15) is 4.79 Å². The van der Waals surface area contributed by atoms with Crippen LogP contribution in [-0.2, 0) is 17.6 Å². The second-order valence-electron chi connectivity index (χ2n) is 9.35. The van der Waals surface area contributed by atoms with Crippen molar-refractivity contribution >= 4 is 11.8 Å². The van der Waals surface area contributed by atoms with Gasteiger partial charge in [0.25, 0.3) is 0 Å². The third-order valence-corrected chi connectivity index (χ3v) is 5.83. The van der Waals surface area contributed by atoms with E-state index in [4.69, 9.17) is 4.74 Å². The molecule has 0 N–H and O–H groups in total. The molecule has 1 aromatic heterocycles. The average molecular weight is 394 g/mol. The Bertz CT molecular complexity index is 833. The van der Waals surface area contributed by atoms with Gasteiger partial charge in [-0.1, -0.05) is 30.3 Å². The smallest absolute Gasteiger partial charge is 0.410 e. The van der Waals surface area contributed by atoms with E-state index < -0.39 is 5.60 Å². The van der Waals surface area contributed by atoms with Crippen molar-refractivity contribution in [2.45, 2.75) is 39.2 Å². The minimum Gasteiger partial charge on any atom is -0.444 e. The molecule has 154 valence electrons. The van der Waals surface area contributed by atoms with Crippen LogP contribution >= 0.6 is 0 Å². The molecule has 0 bridgehead atoms. The first-order valence-corrected chi connectivity index (χ1v) is 10.6. The summed E-state index contributed by atoms with van der Waals surface area (Å²) < 4.78 is 5.54. The molecule has 2 fully saturated rings. The van der Waals surface area contributed by atoms with E-state index in [-0.39, 0.29) is 6.09 Å². The van der Waals surface area contributed by atoms with E-state index in [0.717, 1.165) is 39.0 Å². The molecule has 0 radical (unpaired) electrons. The molecular weight excluding hydrogens is 362 g/mol. The maximum atomic E-state index is 12.4. The van der Waals surface area contributed by atoms with Crippen LogP contribution in [0.1, 0.15) is 31.9 Å². The number of hydrogen-bond donors (Lipinski definition) is 0. The van der Waals surface area contributed by atoms with Gasteiger partial charge in [0.2, 0.25) is 0 Å². The van der Waals surface area contributed by atoms with Crippen LogP contribution in [0.15, 0.2) is 48.8 Å². The quantitative estimate of drug-likeness (QED) is 0.782. The van der Waals surface area contributed by atoms with Crippen molar-refractivity contribution in [2.75, 3.05) is 31.1 Å². The Balaban J connectivity index is 1.33. The van der Waals surface area contributed by atoms with Gasteiger partial charge in [0.05, 0.1) is 11.9 Å². The average Bonchev–Trinajstić information content (AvgIpc) is 3.25. The van der Waals surface area contributed by atoms with E-state index in [2.05, 4.69) is 46.3 Å². The van der Waals surface area contributed by atoms with E-state index in [1.165, 1.54) is 16.8 Å². The number of anilines is 1. The molecule has 1 aromatic carbocycles. The standard InChI is InChI=1S/C24H31N3O2/c1-24(2,3)29-23(28)27-16-20-14-26(15-21(20)17-27)22-11-19(12-25-13-22)10-9-18-7-5-4-6-8-18/h4-8,11-13,20-21H,9-10,14-17H2,1-3H3. The second-order valence-corrected chi connectivity index (χ2v) is 9.35. The van der Waals surface area contributed by atoms with E-state index in [0.29, 0.717) is 11.8 Å². The zero-order valence-corrected chi connectivity index (χ0v) is 17.7. The van der Waals surface area contributed by atoms with Gasteiger partial charge in [-0.3, -0.25) is 4.98 Å². The van der Waals surface area contributed by atoms with E-state index >= 15 is 0 Å². The van der Waals surface area contributed by atoms with Gasteiger partial charge in [0.15, 0.2) is 0 Å². The number of rotatable bonds is 4. The molecule has 5 nitrogen and oxygen atoms in total. The van der Waals surface area contributed by atoms with Gasteiger partial charge in [-0.15, -0.1) is 0 Å². The van der Waals surface area contributed by atoms with Gasteiger partial charge in [0, 0.05) is 44.2 Å². The minimum absolute atomic E-state index is 0.178. The molecule has 2 atom stereocenters. The molecule has 4 rings (SSSR count). The molecule has 2 aliphatic heterocycles. The number of hydrogen-bond acceptors (Lipinski definition) is 4. The summed E-state index contributed by atoms with van der Waals surface area (Å²) in [4.78, 5) is 21.2. The van der Waals surface area contributed by atoms with Gasteiger partial charge in [-0.2, -0.15) is 0 Å². The highest BCUT2D eigenvalue weighted by atomic mass is 16.6. The van der Waals surface area contributed by atoms with Crippen LogP contribution in [0.2, 0.25) is 0 Å². The second kappa shape index (κ2) is 8.05. The first-order chi connectivity index (χ1) is 13.9. The van der Waals surface area contributed by atoms with Crippen molar-refractivity contribution < 1.29 is 9.53 Å². The van der Waals surface area contributed by atoms with Gasteiger partial charge in [-0.05, 0) is 50.8 Å². The van der Waals surface area contributed by atoms with Crippen molar-refractivity contribution in [1.82, 2.24) is 9.88 Å². The molecule has 2 aromatic rings. The summed E-state index contributed by atoms with van der Waals surface area (Å²) in [5.41, 5.74) is 3.40. The Labute approximate surface area is 173 Å². The van der Waals surface area contributed by atoms with E-state index in [1.807, 2.05) is 38.1 Å². The summed E-state index contributed by atoms with van der Waals surface area (Å²) in [6.45, 7) is 9.29. The largest absolute Gasteiger partial charge is 0.444 e. The molecule has 2 unspecified atom stereocenters. The molecular formula is C24H31N3O2. The number of likely N-dealkylation sites (tertiary alicyclic amines) is 1. The molecule has 29 heavy (non-hydrogen) atoms. The lowest BCUT2D eigenvalue weighted by molar-refractivity contribution is 0.0282. The summed E-state index contributed by atoms with van der Waals surface area (Å²) in [6, 6.07) is 12.9. The van der Waals surface area contributed by atoms with Crippen molar-refractivity contribution in [3.8, 4) is 0 Å². The lowest BCUT2D eigenvalue weighted by Gasteiger charge is -2.26. The predicted molar refractivity (Wildman–Crippen MR) is 115 cm³/mol. The first kappa shape index (κ1) is 19.7. The van der Waals surface area contributed by atoms with Crippen LogP contribution in [0.25, 0.3) is 0 Å². The van der Waals surface area contributed by atoms with Gasteiger partial charge in [-0.25, -0.2) is 4.79 Å². The number of fused-ring (bicyclic) bond motifs is 1. The van der Waals surface area contributed by atoms with Crippen LogP contribution in [0.3, 0.4) is 0 Å². The van der Waals surface area contributed by atoms with Crippen molar-refractivity contribution in [1.29, 1.82) is 0 Å². The fraction of sp³-hybridized carbons (Fsp3) is 0.500. The Morgan fingerprint density at radius 1 is 1.00 bits per heavy atom. The Morgan fingerprint density at radius 3 is 2.31 bits per heavy atom. The topological polar surface area (TPSA) is 45.7 Å². The Morgan fingerprint density at radius 2 is 1.66 bits per heavy atom. The zero-order valence-electron chi connectivity index (χ0n) is 17.7. The number of nitrogens with zero attached hydrogens (tertiary/aromatic N) is 3. The van der Waals surface area contributed by atoms with Crippen molar-refractivity contribution in [2.24, 2.45) is 11.8 Å². The number of carbonyl (C=O) groups is 1. The number of aryl methyl sites for hydroxylation is 2. The first-order valence-electron chi connectivity index (χ1n) is 10.6.